The van der Waals surface area contributed by atoms with Crippen molar-refractivity contribution in [2.24, 2.45) is 0 Å². The molecule has 1 N–H and O–H groups in total. The lowest BCUT2D eigenvalue weighted by Gasteiger charge is -2.07. The summed E-state index contributed by atoms with van der Waals surface area (Å²) in [6.45, 7) is 5.31. The van der Waals surface area contributed by atoms with Crippen LogP contribution in [0.3, 0.4) is 0 Å². The zero-order valence-electron chi connectivity index (χ0n) is 11.5. The molecular weight excluding hydrogens is 242 g/mol. The van der Waals surface area contributed by atoms with E-state index in [0.717, 1.165) is 31.7 Å². The van der Waals surface area contributed by atoms with Crippen molar-refractivity contribution in [3.05, 3.63) is 30.4 Å². The van der Waals surface area contributed by atoms with Crippen LogP contribution in [0.25, 0.3) is 0 Å². The molecule has 2 rings (SSSR count). The van der Waals surface area contributed by atoms with Crippen LogP contribution < -0.4 is 5.32 Å². The lowest BCUT2D eigenvalue weighted by atomic mass is 10.4. The highest BCUT2D eigenvalue weighted by Gasteiger charge is 2.03. The van der Waals surface area contributed by atoms with E-state index in [9.17, 15) is 0 Å². The number of nitrogens with zero attached hydrogens (tertiary/aromatic N) is 4. The molecule has 19 heavy (non-hydrogen) atoms. The van der Waals surface area contributed by atoms with Crippen LogP contribution in [0.1, 0.15) is 19.0 Å². The number of methoxy groups -OCH3 is 1. The Morgan fingerprint density at radius 3 is 3.00 bits per heavy atom. The molecule has 0 unspecified atom stereocenters. The molecule has 0 aliphatic carbocycles. The van der Waals surface area contributed by atoms with Gasteiger partial charge in [0.25, 0.3) is 0 Å². The van der Waals surface area contributed by atoms with Gasteiger partial charge in [-0.25, -0.2) is 0 Å². The van der Waals surface area contributed by atoms with Gasteiger partial charge in [-0.15, -0.1) is 0 Å². The first-order valence-electron chi connectivity index (χ1n) is 6.59. The summed E-state index contributed by atoms with van der Waals surface area (Å²) in [6.07, 6.45) is 6.74. The highest BCUT2D eigenvalue weighted by molar-refractivity contribution is 5.38. The molecule has 2 heterocycles. The molecule has 0 spiro atoms. The van der Waals surface area contributed by atoms with Gasteiger partial charge >= 0.3 is 0 Å². The molecule has 104 valence electrons. The van der Waals surface area contributed by atoms with Crippen LogP contribution in [0.2, 0.25) is 0 Å². The van der Waals surface area contributed by atoms with E-state index < -0.39 is 0 Å². The Hall–Kier alpha value is -1.82. The number of hydrogen-bond donors (Lipinski definition) is 1. The molecule has 0 aromatic carbocycles. The molecule has 0 saturated heterocycles. The third-order valence-electron chi connectivity index (χ3n) is 2.87. The molecule has 0 radical (unpaired) electrons. The van der Waals surface area contributed by atoms with Gasteiger partial charge in [-0.05, 0) is 12.5 Å². The Labute approximate surface area is 113 Å². The van der Waals surface area contributed by atoms with Crippen LogP contribution in [0.5, 0.6) is 0 Å². The highest BCUT2D eigenvalue weighted by atomic mass is 16.5. The second-order valence-corrected chi connectivity index (χ2v) is 4.38. The molecule has 0 atom stereocenters. The Bertz CT molecular complexity index is 491. The van der Waals surface area contributed by atoms with Crippen molar-refractivity contribution in [3.63, 3.8) is 0 Å². The molecule has 6 nitrogen and oxygen atoms in total. The summed E-state index contributed by atoms with van der Waals surface area (Å²) in [5, 5.41) is 11.9. The van der Waals surface area contributed by atoms with E-state index in [1.165, 1.54) is 5.69 Å². The van der Waals surface area contributed by atoms with Gasteiger partial charge in [0.1, 0.15) is 0 Å². The Kier molecular flexibility index (Phi) is 4.97. The number of aryl methyl sites for hydroxylation is 1. The van der Waals surface area contributed by atoms with Crippen molar-refractivity contribution in [3.8, 4) is 0 Å². The number of ether oxygens (including phenoxy) is 1. The van der Waals surface area contributed by atoms with Crippen molar-refractivity contribution in [1.82, 2.24) is 19.6 Å². The van der Waals surface area contributed by atoms with E-state index >= 15 is 0 Å². The van der Waals surface area contributed by atoms with Crippen LogP contribution in [-0.2, 0) is 24.4 Å². The lowest BCUT2D eigenvalue weighted by molar-refractivity contribution is 0.183. The number of aromatic nitrogens is 4. The third kappa shape index (κ3) is 3.82. The normalized spacial score (nSPS) is 10.8. The molecular formula is C13H21N5O. The molecule has 2 aromatic rings. The Morgan fingerprint density at radius 2 is 2.21 bits per heavy atom. The number of nitrogens with one attached hydrogen (secondary N) is 1. The van der Waals surface area contributed by atoms with Gasteiger partial charge < -0.3 is 10.1 Å². The van der Waals surface area contributed by atoms with Crippen LogP contribution in [0.4, 0.5) is 5.69 Å². The minimum Gasteiger partial charge on any atom is -0.383 e. The highest BCUT2D eigenvalue weighted by Crippen LogP contribution is 2.08. The van der Waals surface area contributed by atoms with Crippen molar-refractivity contribution in [2.45, 2.75) is 33.0 Å². The average molecular weight is 263 g/mol. The van der Waals surface area contributed by atoms with E-state index in [4.69, 9.17) is 4.74 Å². The summed E-state index contributed by atoms with van der Waals surface area (Å²) in [7, 11) is 1.69. The Morgan fingerprint density at radius 1 is 1.32 bits per heavy atom. The molecule has 0 amide bonds. The van der Waals surface area contributed by atoms with Crippen molar-refractivity contribution >= 4 is 5.69 Å². The molecule has 0 saturated carbocycles. The summed E-state index contributed by atoms with van der Waals surface area (Å²) < 4.78 is 8.92. The zero-order valence-corrected chi connectivity index (χ0v) is 11.5. The summed E-state index contributed by atoms with van der Waals surface area (Å²) >= 11 is 0. The molecule has 0 bridgehead atoms. The van der Waals surface area contributed by atoms with Gasteiger partial charge in [0.05, 0.1) is 37.3 Å². The smallest absolute Gasteiger partial charge is 0.0729 e. The van der Waals surface area contributed by atoms with E-state index in [1.54, 1.807) is 7.11 Å². The maximum Gasteiger partial charge on any atom is 0.0729 e. The summed E-state index contributed by atoms with van der Waals surface area (Å²) in [6, 6.07) is 2.04. The van der Waals surface area contributed by atoms with Crippen molar-refractivity contribution in [1.29, 1.82) is 0 Å². The fourth-order valence-corrected chi connectivity index (χ4v) is 1.88. The second-order valence-electron chi connectivity index (χ2n) is 4.38. The summed E-state index contributed by atoms with van der Waals surface area (Å²) in [5.41, 5.74) is 2.20. The van der Waals surface area contributed by atoms with Crippen LogP contribution >= 0.6 is 0 Å². The predicted molar refractivity (Wildman–Crippen MR) is 73.9 cm³/mol. The van der Waals surface area contributed by atoms with Gasteiger partial charge in [-0.1, -0.05) is 6.92 Å². The van der Waals surface area contributed by atoms with Crippen molar-refractivity contribution < 1.29 is 4.74 Å². The molecule has 6 heteroatoms. The fraction of sp³-hybridized carbons (Fsp3) is 0.538. The first-order valence-corrected chi connectivity index (χ1v) is 6.59. The molecule has 2 aromatic heterocycles. The maximum atomic E-state index is 5.02. The van der Waals surface area contributed by atoms with Crippen LogP contribution in [0.15, 0.2) is 24.7 Å². The van der Waals surface area contributed by atoms with Gasteiger partial charge in [0.2, 0.25) is 0 Å². The quantitative estimate of drug-likeness (QED) is 0.788. The summed E-state index contributed by atoms with van der Waals surface area (Å²) in [4.78, 5) is 0. The van der Waals surface area contributed by atoms with Gasteiger partial charge in [-0.2, -0.15) is 10.2 Å². The first-order chi connectivity index (χ1) is 9.33. The van der Waals surface area contributed by atoms with E-state index in [0.29, 0.717) is 6.61 Å². The Balaban J connectivity index is 1.87. The minimum absolute atomic E-state index is 0.671. The first kappa shape index (κ1) is 13.6. The minimum atomic E-state index is 0.671. The standard InChI is InChI=1S/C13H21N5O/c1-3-6-18-13(4-5-15-18)10-14-12-9-16-17(11-12)7-8-19-2/h4-5,9,11,14H,3,6-8,10H2,1-2H3. The van der Waals surface area contributed by atoms with Gasteiger partial charge in [-0.3, -0.25) is 9.36 Å². The predicted octanol–water partition coefficient (Wildman–Crippen LogP) is 1.75. The monoisotopic (exact) mass is 263 g/mol. The van der Waals surface area contributed by atoms with Gasteiger partial charge in [0.15, 0.2) is 0 Å². The number of hydrogen-bond acceptors (Lipinski definition) is 4. The maximum absolute atomic E-state index is 5.02. The fourth-order valence-electron chi connectivity index (χ4n) is 1.88. The molecule has 0 aliphatic rings. The van der Waals surface area contributed by atoms with Crippen LogP contribution in [-0.4, -0.2) is 33.3 Å². The van der Waals surface area contributed by atoms with E-state index in [-0.39, 0.29) is 0 Å². The zero-order chi connectivity index (χ0) is 13.5. The summed E-state index contributed by atoms with van der Waals surface area (Å²) in [5.74, 6) is 0. The van der Waals surface area contributed by atoms with Crippen LogP contribution in [0, 0.1) is 0 Å². The molecule has 0 aliphatic heterocycles. The number of rotatable bonds is 8. The average Bonchev–Trinajstić information content (AvgIpc) is 3.03. The second kappa shape index (κ2) is 6.94. The SMILES string of the molecule is CCCn1nccc1CNc1cnn(CCOC)c1. The van der Waals surface area contributed by atoms with E-state index in [1.807, 2.05) is 34.0 Å². The largest absolute Gasteiger partial charge is 0.383 e. The topological polar surface area (TPSA) is 56.9 Å². The number of anilines is 1. The lowest BCUT2D eigenvalue weighted by Crippen LogP contribution is -2.08. The van der Waals surface area contributed by atoms with E-state index in [2.05, 4.69) is 22.4 Å². The third-order valence-corrected chi connectivity index (χ3v) is 2.87. The molecule has 0 fully saturated rings. The van der Waals surface area contributed by atoms with Crippen molar-refractivity contribution in [2.75, 3.05) is 19.0 Å². The van der Waals surface area contributed by atoms with Gasteiger partial charge in [0, 0.05) is 26.0 Å².